The third-order valence-electron chi connectivity index (χ3n) is 5.00. The molecule has 4 aromatic rings. The van der Waals surface area contributed by atoms with E-state index in [0.29, 0.717) is 30.3 Å². The Morgan fingerprint density at radius 1 is 0.879 bits per heavy atom. The van der Waals surface area contributed by atoms with Crippen LogP contribution in [-0.4, -0.2) is 43.1 Å². The maximum atomic E-state index is 13.0. The van der Waals surface area contributed by atoms with Crippen LogP contribution in [0.3, 0.4) is 0 Å². The van der Waals surface area contributed by atoms with Crippen molar-refractivity contribution in [3.63, 3.8) is 0 Å². The summed E-state index contributed by atoms with van der Waals surface area (Å²) in [5, 5.41) is 7.50. The molecule has 0 saturated carbocycles. The molecule has 0 aliphatic heterocycles. The van der Waals surface area contributed by atoms with Gasteiger partial charge in [0.2, 0.25) is 0 Å². The summed E-state index contributed by atoms with van der Waals surface area (Å²) >= 11 is 0. The molecule has 0 saturated heterocycles. The van der Waals surface area contributed by atoms with Crippen LogP contribution < -0.4 is 14.8 Å². The van der Waals surface area contributed by atoms with E-state index < -0.39 is 0 Å². The van der Waals surface area contributed by atoms with E-state index in [2.05, 4.69) is 10.4 Å². The molecule has 1 N–H and O–H groups in total. The maximum Gasteiger partial charge on any atom is 0.276 e. The highest BCUT2D eigenvalue weighted by Gasteiger charge is 2.17. The number of nitrogens with zero attached hydrogens (tertiary/aromatic N) is 2. The van der Waals surface area contributed by atoms with E-state index in [4.69, 9.17) is 14.2 Å². The molecule has 0 aliphatic rings. The number of rotatable bonds is 9. The number of carbonyl (C=O) groups is 1. The van der Waals surface area contributed by atoms with Crippen LogP contribution in [0.1, 0.15) is 10.5 Å². The average Bonchev–Trinajstić information content (AvgIpc) is 3.32. The van der Waals surface area contributed by atoms with Crippen molar-refractivity contribution in [3.05, 3.63) is 90.6 Å². The van der Waals surface area contributed by atoms with Crippen molar-refractivity contribution in [2.24, 2.45) is 0 Å². The predicted octanol–water partition coefficient (Wildman–Crippen LogP) is 4.83. The number of aromatic nitrogens is 2. The van der Waals surface area contributed by atoms with E-state index >= 15 is 0 Å². The molecule has 7 heteroatoms. The van der Waals surface area contributed by atoms with Crippen LogP contribution in [0.15, 0.2) is 84.9 Å². The molecular weight excluding hydrogens is 418 g/mol. The van der Waals surface area contributed by atoms with Gasteiger partial charge >= 0.3 is 0 Å². The number of methoxy groups -OCH3 is 2. The van der Waals surface area contributed by atoms with Gasteiger partial charge in [0.05, 0.1) is 25.1 Å². The second-order valence-electron chi connectivity index (χ2n) is 7.21. The van der Waals surface area contributed by atoms with E-state index in [1.54, 1.807) is 49.2 Å². The summed E-state index contributed by atoms with van der Waals surface area (Å²) in [4.78, 5) is 13.0. The van der Waals surface area contributed by atoms with E-state index in [9.17, 15) is 4.79 Å². The fourth-order valence-electron chi connectivity index (χ4n) is 3.30. The van der Waals surface area contributed by atoms with Crippen LogP contribution in [0.5, 0.6) is 11.5 Å². The second-order valence-corrected chi connectivity index (χ2v) is 7.21. The molecule has 168 valence electrons. The van der Waals surface area contributed by atoms with Crippen LogP contribution in [0, 0.1) is 0 Å². The van der Waals surface area contributed by atoms with Crippen molar-refractivity contribution < 1.29 is 19.0 Å². The first-order chi connectivity index (χ1) is 16.2. The van der Waals surface area contributed by atoms with Gasteiger partial charge in [-0.1, -0.05) is 18.2 Å². The van der Waals surface area contributed by atoms with Gasteiger partial charge in [-0.2, -0.15) is 5.10 Å². The lowest BCUT2D eigenvalue weighted by atomic mass is 10.1. The number of carbonyl (C=O) groups excluding carboxylic acids is 1. The van der Waals surface area contributed by atoms with E-state index in [-0.39, 0.29) is 5.91 Å². The minimum absolute atomic E-state index is 0.299. The first-order valence-electron chi connectivity index (χ1n) is 10.5. The Morgan fingerprint density at radius 3 is 2.24 bits per heavy atom. The van der Waals surface area contributed by atoms with Gasteiger partial charge in [0.25, 0.3) is 5.91 Å². The lowest BCUT2D eigenvalue weighted by Gasteiger charge is -2.08. The first kappa shape index (κ1) is 22.1. The fraction of sp³-hybridized carbons (Fsp3) is 0.154. The first-order valence-corrected chi connectivity index (χ1v) is 10.5. The summed E-state index contributed by atoms with van der Waals surface area (Å²) in [6.45, 7) is 0.979. The van der Waals surface area contributed by atoms with Crippen molar-refractivity contribution in [3.8, 4) is 28.4 Å². The summed E-state index contributed by atoms with van der Waals surface area (Å²) in [5.41, 5.74) is 3.55. The number of amides is 1. The number of hydrogen-bond donors (Lipinski definition) is 1. The van der Waals surface area contributed by atoms with Crippen molar-refractivity contribution in [2.45, 2.75) is 0 Å². The molecule has 1 heterocycles. The predicted molar refractivity (Wildman–Crippen MR) is 127 cm³/mol. The summed E-state index contributed by atoms with van der Waals surface area (Å²) in [7, 11) is 3.26. The third-order valence-corrected chi connectivity index (χ3v) is 5.00. The van der Waals surface area contributed by atoms with Crippen LogP contribution in [0.2, 0.25) is 0 Å². The molecule has 0 spiro atoms. The van der Waals surface area contributed by atoms with E-state index in [1.165, 1.54) is 0 Å². The molecular formula is C26H25N3O4. The molecule has 0 aliphatic carbocycles. The van der Waals surface area contributed by atoms with Gasteiger partial charge < -0.3 is 19.5 Å². The second kappa shape index (κ2) is 10.5. The highest BCUT2D eigenvalue weighted by Crippen LogP contribution is 2.26. The fourth-order valence-corrected chi connectivity index (χ4v) is 3.30. The Bertz CT molecular complexity index is 1190. The highest BCUT2D eigenvalue weighted by atomic mass is 16.5. The SMILES string of the molecule is COCCOc1ccc(NC(=O)c2cc(-c3ccc(OC)cc3)n(-c3ccccc3)n2)cc1. The minimum atomic E-state index is -0.299. The molecule has 0 radical (unpaired) electrons. The zero-order chi connectivity index (χ0) is 23.0. The standard InChI is InChI=1S/C26H25N3O4/c1-31-16-17-33-23-14-10-20(11-15-23)27-26(30)24-18-25(19-8-12-22(32-2)13-9-19)29(28-24)21-6-4-3-5-7-21/h3-15,18H,16-17H2,1-2H3,(H,27,30). The van der Waals surface area contributed by atoms with E-state index in [1.807, 2.05) is 54.6 Å². The molecule has 3 aromatic carbocycles. The summed E-state index contributed by atoms with van der Waals surface area (Å²) in [5.74, 6) is 1.17. The lowest BCUT2D eigenvalue weighted by Crippen LogP contribution is -2.13. The molecule has 33 heavy (non-hydrogen) atoms. The normalized spacial score (nSPS) is 10.6. The summed E-state index contributed by atoms with van der Waals surface area (Å²) in [6.07, 6.45) is 0. The Morgan fingerprint density at radius 2 is 1.58 bits per heavy atom. The van der Waals surface area contributed by atoms with Crippen LogP contribution in [0.4, 0.5) is 5.69 Å². The molecule has 1 amide bonds. The van der Waals surface area contributed by atoms with Crippen molar-refractivity contribution >= 4 is 11.6 Å². The van der Waals surface area contributed by atoms with Gasteiger partial charge in [-0.25, -0.2) is 4.68 Å². The van der Waals surface area contributed by atoms with Crippen molar-refractivity contribution in [1.82, 2.24) is 9.78 Å². The quantitative estimate of drug-likeness (QED) is 0.375. The van der Waals surface area contributed by atoms with Gasteiger partial charge in [-0.05, 0) is 66.7 Å². The molecule has 7 nitrogen and oxygen atoms in total. The van der Waals surface area contributed by atoms with Gasteiger partial charge in [-0.3, -0.25) is 4.79 Å². The molecule has 0 atom stereocenters. The number of anilines is 1. The van der Waals surface area contributed by atoms with E-state index in [0.717, 1.165) is 22.7 Å². The number of hydrogen-bond acceptors (Lipinski definition) is 5. The van der Waals surface area contributed by atoms with Gasteiger partial charge in [-0.15, -0.1) is 0 Å². The average molecular weight is 444 g/mol. The van der Waals surface area contributed by atoms with Crippen LogP contribution >= 0.6 is 0 Å². The van der Waals surface area contributed by atoms with Crippen LogP contribution in [0.25, 0.3) is 16.9 Å². The largest absolute Gasteiger partial charge is 0.497 e. The molecule has 1 aromatic heterocycles. The zero-order valence-corrected chi connectivity index (χ0v) is 18.5. The number of ether oxygens (including phenoxy) is 3. The van der Waals surface area contributed by atoms with Crippen LogP contribution in [-0.2, 0) is 4.74 Å². The van der Waals surface area contributed by atoms with Gasteiger partial charge in [0.1, 0.15) is 18.1 Å². The minimum Gasteiger partial charge on any atom is -0.497 e. The molecule has 0 fully saturated rings. The van der Waals surface area contributed by atoms with Crippen molar-refractivity contribution in [1.29, 1.82) is 0 Å². The summed E-state index contributed by atoms with van der Waals surface area (Å²) in [6, 6.07) is 26.3. The van der Waals surface area contributed by atoms with Gasteiger partial charge in [0, 0.05) is 18.4 Å². The Kier molecular flexibility index (Phi) is 7.02. The number of benzene rings is 3. The zero-order valence-electron chi connectivity index (χ0n) is 18.5. The topological polar surface area (TPSA) is 74.6 Å². The molecule has 0 unspecified atom stereocenters. The number of para-hydroxylation sites is 1. The Labute approximate surface area is 192 Å². The molecule has 4 rings (SSSR count). The maximum absolute atomic E-state index is 13.0. The lowest BCUT2D eigenvalue weighted by molar-refractivity contribution is 0.102. The Hall–Kier alpha value is -4.10. The Balaban J connectivity index is 1.58. The monoisotopic (exact) mass is 443 g/mol. The highest BCUT2D eigenvalue weighted by molar-refractivity contribution is 6.03. The number of nitrogens with one attached hydrogen (secondary N) is 1. The smallest absolute Gasteiger partial charge is 0.276 e. The molecule has 0 bridgehead atoms. The van der Waals surface area contributed by atoms with Gasteiger partial charge in [0.15, 0.2) is 5.69 Å². The summed E-state index contributed by atoms with van der Waals surface area (Å²) < 4.78 is 17.6. The van der Waals surface area contributed by atoms with Crippen molar-refractivity contribution in [2.75, 3.05) is 32.8 Å². The third kappa shape index (κ3) is 5.39.